The molecule has 116 valence electrons. The van der Waals surface area contributed by atoms with E-state index in [1.165, 1.54) is 0 Å². The molecule has 0 unspecified atom stereocenters. The number of hydrogen-bond acceptors (Lipinski definition) is 3. The molecule has 2 aromatic rings. The fourth-order valence-electron chi connectivity index (χ4n) is 1.96. The van der Waals surface area contributed by atoms with Gasteiger partial charge in [-0.25, -0.2) is 0 Å². The predicted octanol–water partition coefficient (Wildman–Crippen LogP) is 4.32. The SMILES string of the molecule is CSc1ccccc1C(=O)N(C)CCOc1ccc(Br)cc1. The minimum atomic E-state index is 0.0179. The Balaban J connectivity index is 1.90. The van der Waals surface area contributed by atoms with Crippen LogP contribution in [0.1, 0.15) is 10.4 Å². The van der Waals surface area contributed by atoms with E-state index in [2.05, 4.69) is 15.9 Å². The van der Waals surface area contributed by atoms with Gasteiger partial charge in [0.2, 0.25) is 0 Å². The van der Waals surface area contributed by atoms with Gasteiger partial charge < -0.3 is 9.64 Å². The third kappa shape index (κ3) is 4.52. The first-order valence-corrected chi connectivity index (χ1v) is 8.90. The summed E-state index contributed by atoms with van der Waals surface area (Å²) in [4.78, 5) is 15.1. The summed E-state index contributed by atoms with van der Waals surface area (Å²) in [6.45, 7) is 1.00. The molecule has 1 amide bonds. The van der Waals surface area contributed by atoms with Gasteiger partial charge in [0.1, 0.15) is 12.4 Å². The molecule has 3 nitrogen and oxygen atoms in total. The van der Waals surface area contributed by atoms with Crippen LogP contribution in [0.5, 0.6) is 5.75 Å². The monoisotopic (exact) mass is 379 g/mol. The van der Waals surface area contributed by atoms with Gasteiger partial charge in [-0.3, -0.25) is 4.79 Å². The molecule has 5 heteroatoms. The summed E-state index contributed by atoms with van der Waals surface area (Å²) in [6, 6.07) is 15.3. The zero-order chi connectivity index (χ0) is 15.9. The molecule has 0 aromatic heterocycles. The van der Waals surface area contributed by atoms with Crippen molar-refractivity contribution in [1.82, 2.24) is 4.90 Å². The van der Waals surface area contributed by atoms with Gasteiger partial charge in [0, 0.05) is 16.4 Å². The van der Waals surface area contributed by atoms with E-state index in [1.807, 2.05) is 54.8 Å². The highest BCUT2D eigenvalue weighted by atomic mass is 79.9. The van der Waals surface area contributed by atoms with Gasteiger partial charge in [-0.05, 0) is 42.7 Å². The maximum atomic E-state index is 12.5. The van der Waals surface area contributed by atoms with Gasteiger partial charge in [0.15, 0.2) is 0 Å². The van der Waals surface area contributed by atoms with Crippen LogP contribution in [0.25, 0.3) is 0 Å². The third-order valence-corrected chi connectivity index (χ3v) is 4.52. The Morgan fingerprint density at radius 2 is 1.86 bits per heavy atom. The lowest BCUT2D eigenvalue weighted by molar-refractivity contribution is 0.0770. The van der Waals surface area contributed by atoms with Gasteiger partial charge >= 0.3 is 0 Å². The van der Waals surface area contributed by atoms with Gasteiger partial charge in [-0.15, -0.1) is 11.8 Å². The second-order valence-corrected chi connectivity index (χ2v) is 6.49. The van der Waals surface area contributed by atoms with E-state index in [1.54, 1.807) is 23.7 Å². The van der Waals surface area contributed by atoms with Crippen LogP contribution in [0.3, 0.4) is 0 Å². The van der Waals surface area contributed by atoms with Crippen LogP contribution >= 0.6 is 27.7 Å². The fourth-order valence-corrected chi connectivity index (χ4v) is 2.81. The van der Waals surface area contributed by atoms with Gasteiger partial charge in [-0.1, -0.05) is 28.1 Å². The van der Waals surface area contributed by atoms with Gasteiger partial charge in [0.25, 0.3) is 5.91 Å². The molecule has 0 bridgehead atoms. The van der Waals surface area contributed by atoms with E-state index < -0.39 is 0 Å². The molecular weight excluding hydrogens is 362 g/mol. The van der Waals surface area contributed by atoms with Crippen LogP contribution in [-0.2, 0) is 0 Å². The summed E-state index contributed by atoms with van der Waals surface area (Å²) in [5, 5.41) is 0. The van der Waals surface area contributed by atoms with Crippen LogP contribution in [0.4, 0.5) is 0 Å². The van der Waals surface area contributed by atoms with Crippen molar-refractivity contribution in [2.75, 3.05) is 26.5 Å². The number of nitrogens with zero attached hydrogens (tertiary/aromatic N) is 1. The number of amides is 1. The number of halogens is 1. The van der Waals surface area contributed by atoms with E-state index in [4.69, 9.17) is 4.74 Å². The molecule has 0 radical (unpaired) electrons. The third-order valence-electron chi connectivity index (χ3n) is 3.19. The Kier molecular flexibility index (Phi) is 6.34. The largest absolute Gasteiger partial charge is 0.492 e. The lowest BCUT2D eigenvalue weighted by Crippen LogP contribution is -2.31. The van der Waals surface area contributed by atoms with Crippen molar-refractivity contribution in [3.63, 3.8) is 0 Å². The minimum absolute atomic E-state index is 0.0179. The van der Waals surface area contributed by atoms with E-state index in [9.17, 15) is 4.79 Å². The maximum Gasteiger partial charge on any atom is 0.254 e. The zero-order valence-electron chi connectivity index (χ0n) is 12.6. The predicted molar refractivity (Wildman–Crippen MR) is 94.8 cm³/mol. The van der Waals surface area contributed by atoms with Crippen molar-refractivity contribution in [2.45, 2.75) is 4.90 Å². The number of ether oxygens (including phenoxy) is 1. The lowest BCUT2D eigenvalue weighted by atomic mass is 10.2. The summed E-state index contributed by atoms with van der Waals surface area (Å²) in [5.41, 5.74) is 0.737. The van der Waals surface area contributed by atoms with Crippen LogP contribution in [-0.4, -0.2) is 37.3 Å². The first-order valence-electron chi connectivity index (χ1n) is 6.88. The topological polar surface area (TPSA) is 29.5 Å². The van der Waals surface area contributed by atoms with E-state index in [0.29, 0.717) is 13.2 Å². The van der Waals surface area contributed by atoms with Crippen LogP contribution in [0.15, 0.2) is 57.9 Å². The highest BCUT2D eigenvalue weighted by molar-refractivity contribution is 9.10. The summed E-state index contributed by atoms with van der Waals surface area (Å²) in [7, 11) is 1.80. The summed E-state index contributed by atoms with van der Waals surface area (Å²) in [6.07, 6.45) is 1.97. The molecule has 0 aliphatic carbocycles. The number of carbonyl (C=O) groups is 1. The quantitative estimate of drug-likeness (QED) is 0.699. The van der Waals surface area contributed by atoms with Crippen molar-refractivity contribution in [1.29, 1.82) is 0 Å². The van der Waals surface area contributed by atoms with E-state index in [0.717, 1.165) is 20.7 Å². The summed E-state index contributed by atoms with van der Waals surface area (Å²) >= 11 is 4.96. The van der Waals surface area contributed by atoms with Crippen molar-refractivity contribution in [3.8, 4) is 5.75 Å². The zero-order valence-corrected chi connectivity index (χ0v) is 15.0. The van der Waals surface area contributed by atoms with E-state index >= 15 is 0 Å². The average molecular weight is 380 g/mol. The number of likely N-dealkylation sites (N-methyl/N-ethyl adjacent to an activating group) is 1. The highest BCUT2D eigenvalue weighted by Crippen LogP contribution is 2.21. The molecule has 2 rings (SSSR count). The van der Waals surface area contributed by atoms with Crippen molar-refractivity contribution in [2.24, 2.45) is 0 Å². The Morgan fingerprint density at radius 3 is 2.55 bits per heavy atom. The minimum Gasteiger partial charge on any atom is -0.492 e. The number of rotatable bonds is 6. The van der Waals surface area contributed by atoms with Crippen molar-refractivity contribution in [3.05, 3.63) is 58.6 Å². The number of hydrogen-bond donors (Lipinski definition) is 0. The Labute approximate surface area is 143 Å². The van der Waals surface area contributed by atoms with E-state index in [-0.39, 0.29) is 5.91 Å². The standard InChI is InChI=1S/C17H18BrNO2S/c1-19(11-12-21-14-9-7-13(18)8-10-14)17(20)15-5-3-4-6-16(15)22-2/h3-10H,11-12H2,1-2H3. The highest BCUT2D eigenvalue weighted by Gasteiger charge is 2.14. The van der Waals surface area contributed by atoms with Crippen molar-refractivity contribution >= 4 is 33.6 Å². The molecule has 0 fully saturated rings. The Morgan fingerprint density at radius 1 is 1.18 bits per heavy atom. The number of carbonyl (C=O) groups excluding carboxylic acids is 1. The second kappa shape index (κ2) is 8.25. The number of thioether (sulfide) groups is 1. The number of benzene rings is 2. The molecular formula is C17H18BrNO2S. The molecule has 0 aliphatic rings. The van der Waals surface area contributed by atoms with Crippen LogP contribution < -0.4 is 4.74 Å². The Bertz CT molecular complexity index is 631. The summed E-state index contributed by atoms with van der Waals surface area (Å²) in [5.74, 6) is 0.818. The molecule has 0 N–H and O–H groups in total. The molecule has 0 saturated carbocycles. The van der Waals surface area contributed by atoms with Crippen molar-refractivity contribution < 1.29 is 9.53 Å². The smallest absolute Gasteiger partial charge is 0.254 e. The average Bonchev–Trinajstić information content (AvgIpc) is 2.55. The van der Waals surface area contributed by atoms with Gasteiger partial charge in [-0.2, -0.15) is 0 Å². The first-order chi connectivity index (χ1) is 10.6. The fraction of sp³-hybridized carbons (Fsp3) is 0.235. The molecule has 0 atom stereocenters. The Hall–Kier alpha value is -1.46. The molecule has 0 heterocycles. The summed E-state index contributed by atoms with van der Waals surface area (Å²) < 4.78 is 6.67. The molecule has 0 saturated heterocycles. The maximum absolute atomic E-state index is 12.5. The normalized spacial score (nSPS) is 10.3. The molecule has 0 aliphatic heterocycles. The lowest BCUT2D eigenvalue weighted by Gasteiger charge is -2.19. The molecule has 0 spiro atoms. The van der Waals surface area contributed by atoms with Gasteiger partial charge in [0.05, 0.1) is 12.1 Å². The first kappa shape index (κ1) is 16.9. The second-order valence-electron chi connectivity index (χ2n) is 4.73. The molecule has 22 heavy (non-hydrogen) atoms. The molecule has 2 aromatic carbocycles. The van der Waals surface area contributed by atoms with Crippen LogP contribution in [0, 0.1) is 0 Å². The van der Waals surface area contributed by atoms with Crippen LogP contribution in [0.2, 0.25) is 0 Å².